The SMILES string of the molecule is Cc1nc(C(C)(C)NC(=O)OC(C)(C)C)sc1C. The molecule has 4 nitrogen and oxygen atoms in total. The first-order chi connectivity index (χ1) is 8.01. The van der Waals surface area contributed by atoms with Crippen LogP contribution in [0, 0.1) is 13.8 Å². The molecule has 0 aliphatic rings. The maximum absolute atomic E-state index is 11.8. The number of aromatic nitrogens is 1. The fourth-order valence-electron chi connectivity index (χ4n) is 1.35. The third-order valence-electron chi connectivity index (χ3n) is 2.38. The zero-order valence-electron chi connectivity index (χ0n) is 12.2. The molecule has 1 amide bonds. The molecule has 1 rings (SSSR count). The Labute approximate surface area is 113 Å². The van der Waals surface area contributed by atoms with Crippen LogP contribution in [0.4, 0.5) is 4.79 Å². The second-order valence-corrected chi connectivity index (χ2v) is 7.12. The van der Waals surface area contributed by atoms with E-state index in [1.807, 2.05) is 48.5 Å². The topological polar surface area (TPSA) is 51.2 Å². The molecule has 18 heavy (non-hydrogen) atoms. The van der Waals surface area contributed by atoms with Crippen LogP contribution in [-0.2, 0) is 10.3 Å². The lowest BCUT2D eigenvalue weighted by Crippen LogP contribution is -2.43. The monoisotopic (exact) mass is 270 g/mol. The number of amides is 1. The van der Waals surface area contributed by atoms with Gasteiger partial charge in [-0.05, 0) is 48.5 Å². The van der Waals surface area contributed by atoms with E-state index in [1.54, 1.807) is 11.3 Å². The average molecular weight is 270 g/mol. The molecule has 1 aromatic heterocycles. The van der Waals surface area contributed by atoms with Gasteiger partial charge in [-0.3, -0.25) is 0 Å². The fourth-order valence-corrected chi connectivity index (χ4v) is 2.32. The van der Waals surface area contributed by atoms with Crippen LogP contribution in [0.2, 0.25) is 0 Å². The van der Waals surface area contributed by atoms with E-state index >= 15 is 0 Å². The number of thiazole rings is 1. The minimum Gasteiger partial charge on any atom is -0.444 e. The van der Waals surface area contributed by atoms with Crippen molar-refractivity contribution in [3.8, 4) is 0 Å². The second kappa shape index (κ2) is 4.88. The normalized spacial score (nSPS) is 12.4. The van der Waals surface area contributed by atoms with Gasteiger partial charge in [0.1, 0.15) is 10.6 Å². The highest BCUT2D eigenvalue weighted by atomic mass is 32.1. The van der Waals surface area contributed by atoms with Crippen molar-refractivity contribution < 1.29 is 9.53 Å². The predicted octanol–water partition coefficient (Wildman–Crippen LogP) is 3.52. The number of nitrogens with zero attached hydrogens (tertiary/aromatic N) is 1. The largest absolute Gasteiger partial charge is 0.444 e. The van der Waals surface area contributed by atoms with Gasteiger partial charge in [0.2, 0.25) is 0 Å². The van der Waals surface area contributed by atoms with Crippen molar-refractivity contribution in [2.75, 3.05) is 0 Å². The Hall–Kier alpha value is -1.10. The van der Waals surface area contributed by atoms with E-state index in [2.05, 4.69) is 10.3 Å². The van der Waals surface area contributed by atoms with Crippen molar-refractivity contribution in [3.63, 3.8) is 0 Å². The average Bonchev–Trinajstić information content (AvgIpc) is 2.42. The summed E-state index contributed by atoms with van der Waals surface area (Å²) >= 11 is 1.60. The summed E-state index contributed by atoms with van der Waals surface area (Å²) in [6, 6.07) is 0. The molecule has 0 unspecified atom stereocenters. The number of ether oxygens (including phenoxy) is 1. The molecule has 0 aromatic carbocycles. The van der Waals surface area contributed by atoms with Crippen molar-refractivity contribution in [2.24, 2.45) is 0 Å². The predicted molar refractivity (Wildman–Crippen MR) is 74.0 cm³/mol. The van der Waals surface area contributed by atoms with Gasteiger partial charge in [-0.25, -0.2) is 9.78 Å². The molecule has 0 aliphatic carbocycles. The third-order valence-corrected chi connectivity index (χ3v) is 3.77. The molecule has 0 atom stereocenters. The summed E-state index contributed by atoms with van der Waals surface area (Å²) in [6.45, 7) is 13.4. The number of carbonyl (C=O) groups excluding carboxylic acids is 1. The first-order valence-corrected chi connectivity index (χ1v) is 6.78. The summed E-state index contributed by atoms with van der Waals surface area (Å²) in [6.07, 6.45) is -0.419. The highest BCUT2D eigenvalue weighted by Gasteiger charge is 2.29. The van der Waals surface area contributed by atoms with E-state index in [1.165, 1.54) is 4.88 Å². The van der Waals surface area contributed by atoms with Gasteiger partial charge in [-0.15, -0.1) is 11.3 Å². The molecule has 0 aliphatic heterocycles. The van der Waals surface area contributed by atoms with E-state index in [9.17, 15) is 4.79 Å². The number of nitrogens with one attached hydrogen (secondary N) is 1. The first-order valence-electron chi connectivity index (χ1n) is 5.97. The summed E-state index contributed by atoms with van der Waals surface area (Å²) in [5.41, 5.74) is -0.00461. The Bertz CT molecular complexity index is 425. The van der Waals surface area contributed by atoms with Gasteiger partial charge in [0.15, 0.2) is 0 Å². The molecule has 0 spiro atoms. The highest BCUT2D eigenvalue weighted by molar-refractivity contribution is 7.11. The number of hydrogen-bond acceptors (Lipinski definition) is 4. The molecule has 1 heterocycles. The van der Waals surface area contributed by atoms with Gasteiger partial charge in [0.25, 0.3) is 0 Å². The van der Waals surface area contributed by atoms with Crippen molar-refractivity contribution in [3.05, 3.63) is 15.6 Å². The third kappa shape index (κ3) is 3.98. The van der Waals surface area contributed by atoms with E-state index in [-0.39, 0.29) is 0 Å². The smallest absolute Gasteiger partial charge is 0.408 e. The maximum atomic E-state index is 11.8. The molecule has 1 aromatic rings. The van der Waals surface area contributed by atoms with Crippen molar-refractivity contribution >= 4 is 17.4 Å². The molecule has 1 N–H and O–H groups in total. The van der Waals surface area contributed by atoms with E-state index in [0.29, 0.717) is 0 Å². The first kappa shape index (κ1) is 15.0. The Morgan fingerprint density at radius 2 is 1.78 bits per heavy atom. The number of hydrogen-bond donors (Lipinski definition) is 1. The minimum atomic E-state index is -0.522. The lowest BCUT2D eigenvalue weighted by molar-refractivity contribution is 0.0470. The maximum Gasteiger partial charge on any atom is 0.408 e. The lowest BCUT2D eigenvalue weighted by Gasteiger charge is -2.27. The zero-order chi connectivity index (χ0) is 14.1. The summed E-state index contributed by atoms with van der Waals surface area (Å²) in [5.74, 6) is 0. The number of rotatable bonds is 2. The van der Waals surface area contributed by atoms with Gasteiger partial charge in [-0.2, -0.15) is 0 Å². The molecule has 102 valence electrons. The van der Waals surface area contributed by atoms with Crippen molar-refractivity contribution in [1.82, 2.24) is 10.3 Å². The van der Waals surface area contributed by atoms with Crippen LogP contribution in [0.1, 0.15) is 50.2 Å². The van der Waals surface area contributed by atoms with Crippen LogP contribution in [-0.4, -0.2) is 16.7 Å². The Morgan fingerprint density at radius 3 is 2.17 bits per heavy atom. The number of alkyl carbamates (subject to hydrolysis) is 1. The van der Waals surface area contributed by atoms with E-state index in [0.717, 1.165) is 10.7 Å². The minimum absolute atomic E-state index is 0.419. The molecule has 0 saturated carbocycles. The van der Waals surface area contributed by atoms with Gasteiger partial charge in [0, 0.05) is 4.88 Å². The molecular formula is C13H22N2O2S. The lowest BCUT2D eigenvalue weighted by atomic mass is 10.1. The molecule has 0 saturated heterocycles. The second-order valence-electron chi connectivity index (χ2n) is 5.91. The Kier molecular flexibility index (Phi) is 4.05. The highest BCUT2D eigenvalue weighted by Crippen LogP contribution is 2.27. The Morgan fingerprint density at radius 1 is 1.22 bits per heavy atom. The molecular weight excluding hydrogens is 248 g/mol. The van der Waals surface area contributed by atoms with Gasteiger partial charge in [-0.1, -0.05) is 0 Å². The van der Waals surface area contributed by atoms with Crippen LogP contribution < -0.4 is 5.32 Å². The van der Waals surface area contributed by atoms with Gasteiger partial charge in [0.05, 0.1) is 11.2 Å². The summed E-state index contributed by atoms with van der Waals surface area (Å²) in [5, 5.41) is 3.75. The zero-order valence-corrected chi connectivity index (χ0v) is 13.0. The van der Waals surface area contributed by atoms with Crippen LogP contribution in [0.5, 0.6) is 0 Å². The van der Waals surface area contributed by atoms with Gasteiger partial charge >= 0.3 is 6.09 Å². The molecule has 0 fully saturated rings. The van der Waals surface area contributed by atoms with Crippen LogP contribution in [0.15, 0.2) is 0 Å². The van der Waals surface area contributed by atoms with Crippen molar-refractivity contribution in [1.29, 1.82) is 0 Å². The summed E-state index contributed by atoms with van der Waals surface area (Å²) < 4.78 is 5.26. The fraction of sp³-hybridized carbons (Fsp3) is 0.692. The van der Waals surface area contributed by atoms with Crippen LogP contribution in [0.25, 0.3) is 0 Å². The number of carbonyl (C=O) groups is 1. The quantitative estimate of drug-likeness (QED) is 0.894. The standard InChI is InChI=1S/C13H22N2O2S/c1-8-9(2)18-10(14-8)13(6,7)15-11(16)17-12(3,4)5/h1-7H3,(H,15,16). The van der Waals surface area contributed by atoms with Gasteiger partial charge < -0.3 is 10.1 Å². The van der Waals surface area contributed by atoms with Crippen LogP contribution >= 0.6 is 11.3 Å². The number of aryl methyl sites for hydroxylation is 2. The molecule has 0 radical (unpaired) electrons. The van der Waals surface area contributed by atoms with E-state index < -0.39 is 17.2 Å². The molecule has 0 bridgehead atoms. The molecule has 5 heteroatoms. The van der Waals surface area contributed by atoms with Crippen molar-refractivity contribution in [2.45, 2.75) is 59.6 Å². The van der Waals surface area contributed by atoms with Crippen LogP contribution in [0.3, 0.4) is 0 Å². The summed E-state index contributed by atoms with van der Waals surface area (Å²) in [7, 11) is 0. The summed E-state index contributed by atoms with van der Waals surface area (Å²) in [4.78, 5) is 17.4. The van der Waals surface area contributed by atoms with E-state index in [4.69, 9.17) is 4.74 Å². The Balaban J connectivity index is 2.79.